The molecule has 2 aromatic rings. The smallest absolute Gasteiger partial charge is 0.342 e. The summed E-state index contributed by atoms with van der Waals surface area (Å²) in [5.41, 5.74) is 2.63. The molecule has 1 aliphatic rings. The molecule has 31 heavy (non-hydrogen) atoms. The molecule has 0 spiro atoms. The summed E-state index contributed by atoms with van der Waals surface area (Å²) in [5.74, 6) is -0.668. The van der Waals surface area contributed by atoms with Crippen molar-refractivity contribution >= 4 is 34.1 Å². The zero-order valence-corrected chi connectivity index (χ0v) is 19.0. The highest BCUT2D eigenvalue weighted by Crippen LogP contribution is 2.36. The van der Waals surface area contributed by atoms with Gasteiger partial charge in [-0.15, -0.1) is 11.3 Å². The normalized spacial score (nSPS) is 15.8. The molecule has 1 atom stereocenters. The number of hydrogen-bond acceptors (Lipinski definition) is 5. The largest absolute Gasteiger partial charge is 0.452 e. The summed E-state index contributed by atoms with van der Waals surface area (Å²) in [6, 6.07) is 9.43. The minimum atomic E-state index is -0.619. The van der Waals surface area contributed by atoms with Gasteiger partial charge in [0.1, 0.15) is 10.6 Å². The van der Waals surface area contributed by atoms with Crippen molar-refractivity contribution in [1.82, 2.24) is 4.90 Å². The van der Waals surface area contributed by atoms with Gasteiger partial charge in [-0.3, -0.25) is 9.59 Å². The van der Waals surface area contributed by atoms with Gasteiger partial charge in [-0.25, -0.2) is 4.79 Å². The first-order valence-corrected chi connectivity index (χ1v) is 11.3. The number of carbonyl (C=O) groups is 3. The van der Waals surface area contributed by atoms with E-state index < -0.39 is 5.97 Å². The zero-order chi connectivity index (χ0) is 22.4. The molecule has 1 aliphatic heterocycles. The monoisotopic (exact) mass is 440 g/mol. The van der Waals surface area contributed by atoms with Gasteiger partial charge in [0.05, 0.1) is 0 Å². The molecule has 1 N–H and O–H groups in total. The lowest BCUT2D eigenvalue weighted by Crippen LogP contribution is -2.41. The van der Waals surface area contributed by atoms with Crippen molar-refractivity contribution < 1.29 is 19.1 Å². The number of esters is 1. The number of ether oxygens (including phenoxy) is 1. The molecule has 6 nitrogen and oxygen atoms in total. The molecule has 1 fully saturated rings. The van der Waals surface area contributed by atoms with Crippen LogP contribution in [0.15, 0.2) is 47.4 Å². The van der Waals surface area contributed by atoms with Crippen LogP contribution in [0.3, 0.4) is 0 Å². The number of nitrogens with zero attached hydrogens (tertiary/aromatic N) is 1. The Kier molecular flexibility index (Phi) is 7.63. The summed E-state index contributed by atoms with van der Waals surface area (Å²) in [7, 11) is 0. The minimum absolute atomic E-state index is 0.188. The van der Waals surface area contributed by atoms with Crippen LogP contribution < -0.4 is 5.32 Å². The van der Waals surface area contributed by atoms with Gasteiger partial charge < -0.3 is 15.0 Å². The maximum absolute atomic E-state index is 13.0. The second kappa shape index (κ2) is 10.4. The van der Waals surface area contributed by atoms with Gasteiger partial charge in [0.25, 0.3) is 5.91 Å². The number of hydrogen-bond donors (Lipinski definition) is 1. The lowest BCUT2D eigenvalue weighted by molar-refractivity contribution is -0.136. The summed E-state index contributed by atoms with van der Waals surface area (Å²) in [5, 5.41) is 5.00. The van der Waals surface area contributed by atoms with Crippen molar-refractivity contribution in [3.8, 4) is 11.1 Å². The Morgan fingerprint density at radius 3 is 2.65 bits per heavy atom. The van der Waals surface area contributed by atoms with Crippen molar-refractivity contribution in [3.63, 3.8) is 0 Å². The molecule has 0 bridgehead atoms. The third kappa shape index (κ3) is 6.04. The molecule has 0 radical (unpaired) electrons. The van der Waals surface area contributed by atoms with E-state index in [1.54, 1.807) is 4.90 Å². The predicted molar refractivity (Wildman–Crippen MR) is 123 cm³/mol. The number of benzene rings is 1. The number of rotatable bonds is 6. The molecule has 1 saturated heterocycles. The van der Waals surface area contributed by atoms with E-state index in [1.165, 1.54) is 17.4 Å². The topological polar surface area (TPSA) is 75.7 Å². The highest BCUT2D eigenvalue weighted by Gasteiger charge is 2.26. The lowest BCUT2D eigenvalue weighted by Gasteiger charge is -2.30. The SMILES string of the molecule is CC(C)=CC(=O)Nc1scc(-c2ccccc2)c1C(=O)OCC(=O)N1CCCC(C)C1. The Balaban J connectivity index is 1.80. The standard InChI is InChI=1S/C24H28N2O4S/c1-16(2)12-20(27)25-23-22(19(15-31-23)18-9-5-4-6-10-18)24(29)30-14-21(28)26-11-7-8-17(3)13-26/h4-6,9-10,12,15,17H,7-8,11,13-14H2,1-3H3,(H,25,27). The highest BCUT2D eigenvalue weighted by atomic mass is 32.1. The van der Waals surface area contributed by atoms with Gasteiger partial charge in [0, 0.05) is 30.1 Å². The van der Waals surface area contributed by atoms with E-state index in [-0.39, 0.29) is 24.0 Å². The fourth-order valence-corrected chi connectivity index (χ4v) is 4.56. The number of nitrogens with one attached hydrogen (secondary N) is 1. The van der Waals surface area contributed by atoms with E-state index >= 15 is 0 Å². The molecule has 1 unspecified atom stereocenters. The van der Waals surface area contributed by atoms with Gasteiger partial charge in [-0.05, 0) is 38.2 Å². The summed E-state index contributed by atoms with van der Waals surface area (Å²) in [6.45, 7) is 6.84. The van der Waals surface area contributed by atoms with E-state index in [2.05, 4.69) is 12.2 Å². The number of thiophene rings is 1. The molecule has 164 valence electrons. The highest BCUT2D eigenvalue weighted by molar-refractivity contribution is 7.15. The van der Waals surface area contributed by atoms with E-state index in [9.17, 15) is 14.4 Å². The second-order valence-corrected chi connectivity index (χ2v) is 8.97. The molecule has 2 heterocycles. The summed E-state index contributed by atoms with van der Waals surface area (Å²) < 4.78 is 5.41. The van der Waals surface area contributed by atoms with Gasteiger partial charge in [-0.2, -0.15) is 0 Å². The number of carbonyl (C=O) groups excluding carboxylic acids is 3. The van der Waals surface area contributed by atoms with Crippen LogP contribution in [-0.2, 0) is 14.3 Å². The van der Waals surface area contributed by atoms with Crippen LogP contribution in [0.25, 0.3) is 11.1 Å². The molecule has 1 aromatic carbocycles. The summed E-state index contributed by atoms with van der Waals surface area (Å²) in [4.78, 5) is 39.6. The Bertz CT molecular complexity index is 977. The van der Waals surface area contributed by atoms with Gasteiger partial charge >= 0.3 is 5.97 Å². The van der Waals surface area contributed by atoms with Crippen molar-refractivity contribution in [2.45, 2.75) is 33.6 Å². The van der Waals surface area contributed by atoms with Crippen molar-refractivity contribution in [2.24, 2.45) is 5.92 Å². The van der Waals surface area contributed by atoms with Crippen LogP contribution in [0, 0.1) is 5.92 Å². The summed E-state index contributed by atoms with van der Waals surface area (Å²) >= 11 is 1.26. The first-order valence-electron chi connectivity index (χ1n) is 10.4. The third-order valence-electron chi connectivity index (χ3n) is 5.07. The average Bonchev–Trinajstić information content (AvgIpc) is 3.15. The molecule has 2 amide bonds. The van der Waals surface area contributed by atoms with E-state index in [4.69, 9.17) is 4.74 Å². The van der Waals surface area contributed by atoms with Crippen LogP contribution in [0.1, 0.15) is 44.0 Å². The lowest BCUT2D eigenvalue weighted by atomic mass is 10.0. The maximum Gasteiger partial charge on any atom is 0.342 e. The van der Waals surface area contributed by atoms with Gasteiger partial charge in [0.15, 0.2) is 6.61 Å². The Labute approximate surface area is 186 Å². The molecule has 7 heteroatoms. The molecular formula is C24H28N2O4S. The number of amides is 2. The fourth-order valence-electron chi connectivity index (χ4n) is 3.60. The maximum atomic E-state index is 13.0. The summed E-state index contributed by atoms with van der Waals surface area (Å²) in [6.07, 6.45) is 3.54. The zero-order valence-electron chi connectivity index (χ0n) is 18.1. The van der Waals surface area contributed by atoms with Gasteiger partial charge in [0.2, 0.25) is 5.91 Å². The molecule has 1 aromatic heterocycles. The molecule has 0 aliphatic carbocycles. The first kappa shape index (κ1) is 22.7. The number of anilines is 1. The average molecular weight is 441 g/mol. The molecule has 0 saturated carbocycles. The van der Waals surface area contributed by atoms with Crippen molar-refractivity contribution in [3.05, 3.63) is 52.9 Å². The van der Waals surface area contributed by atoms with E-state index in [0.29, 0.717) is 29.6 Å². The van der Waals surface area contributed by atoms with E-state index in [1.807, 2.05) is 49.6 Å². The molecular weight excluding hydrogens is 412 g/mol. The van der Waals surface area contributed by atoms with Gasteiger partial charge in [-0.1, -0.05) is 42.8 Å². The van der Waals surface area contributed by atoms with Crippen LogP contribution in [0.4, 0.5) is 5.00 Å². The Morgan fingerprint density at radius 1 is 1.23 bits per heavy atom. The second-order valence-electron chi connectivity index (χ2n) is 8.09. The number of piperidine rings is 1. The Hall–Kier alpha value is -2.93. The third-order valence-corrected chi connectivity index (χ3v) is 5.97. The van der Waals surface area contributed by atoms with Crippen LogP contribution >= 0.6 is 11.3 Å². The molecule has 3 rings (SSSR count). The minimum Gasteiger partial charge on any atom is -0.452 e. The number of likely N-dealkylation sites (tertiary alicyclic amines) is 1. The van der Waals surface area contributed by atoms with Crippen LogP contribution in [0.5, 0.6) is 0 Å². The predicted octanol–water partition coefficient (Wildman–Crippen LogP) is 4.74. The Morgan fingerprint density at radius 2 is 1.97 bits per heavy atom. The van der Waals surface area contributed by atoms with E-state index in [0.717, 1.165) is 24.0 Å². The first-order chi connectivity index (χ1) is 14.8. The van der Waals surface area contributed by atoms with Crippen molar-refractivity contribution in [2.75, 3.05) is 25.0 Å². The van der Waals surface area contributed by atoms with Crippen LogP contribution in [0.2, 0.25) is 0 Å². The fraction of sp³-hybridized carbons (Fsp3) is 0.375. The quantitative estimate of drug-likeness (QED) is 0.520. The number of allylic oxidation sites excluding steroid dienone is 1. The van der Waals surface area contributed by atoms with Crippen LogP contribution in [-0.4, -0.2) is 42.4 Å². The van der Waals surface area contributed by atoms with Crippen molar-refractivity contribution in [1.29, 1.82) is 0 Å².